The minimum absolute atomic E-state index is 0.0217. The van der Waals surface area contributed by atoms with E-state index in [1.807, 2.05) is 6.92 Å². The van der Waals surface area contributed by atoms with Gasteiger partial charge < -0.3 is 11.1 Å². The summed E-state index contributed by atoms with van der Waals surface area (Å²) in [7, 11) is 0. The van der Waals surface area contributed by atoms with E-state index >= 15 is 0 Å². The highest BCUT2D eigenvalue weighted by molar-refractivity contribution is 5.94. The number of carbonyl (C=O) groups is 1. The zero-order valence-corrected chi connectivity index (χ0v) is 11.4. The minimum atomic E-state index is -0.101. The van der Waals surface area contributed by atoms with Crippen molar-refractivity contribution >= 4 is 17.4 Å². The Bertz CT molecular complexity index is 410. The van der Waals surface area contributed by atoms with E-state index in [1.54, 1.807) is 18.3 Å². The number of anilines is 2. The van der Waals surface area contributed by atoms with Crippen LogP contribution < -0.4 is 11.1 Å². The molecule has 1 aromatic rings. The van der Waals surface area contributed by atoms with Gasteiger partial charge in [0.25, 0.3) is 0 Å². The Hall–Kier alpha value is -1.62. The van der Waals surface area contributed by atoms with Crippen LogP contribution in [0.25, 0.3) is 0 Å². The fraction of sp³-hybridized carbons (Fsp3) is 0.571. The number of nitrogens with one attached hydrogen (secondary N) is 1. The van der Waals surface area contributed by atoms with Crippen LogP contribution in [0, 0.1) is 0 Å². The van der Waals surface area contributed by atoms with Crippen LogP contribution in [0.3, 0.4) is 0 Å². The monoisotopic (exact) mass is 262 g/mol. The largest absolute Gasteiger partial charge is 0.384 e. The molecule has 5 nitrogen and oxygen atoms in total. The Balaban J connectivity index is 1.92. The topological polar surface area (TPSA) is 71.2 Å². The third-order valence-corrected chi connectivity index (χ3v) is 3.62. The van der Waals surface area contributed by atoms with Crippen molar-refractivity contribution in [2.24, 2.45) is 0 Å². The van der Waals surface area contributed by atoms with E-state index < -0.39 is 0 Å². The van der Waals surface area contributed by atoms with E-state index in [9.17, 15) is 4.79 Å². The van der Waals surface area contributed by atoms with Crippen molar-refractivity contribution in [3.05, 3.63) is 18.3 Å². The number of hydrogen-bond acceptors (Lipinski definition) is 4. The summed E-state index contributed by atoms with van der Waals surface area (Å²) in [4.78, 5) is 18.4. The maximum Gasteiger partial charge on any atom is 0.241 e. The standard InChI is InChI=1S/C14H22N4O/c1-11(18-8-4-2-3-5-9-18)14(19)17-12-6-7-13(15)16-10-12/h6-7,10-11H,2-5,8-9H2,1H3,(H2,15,16)(H,17,19). The Labute approximate surface area is 114 Å². The van der Waals surface area contributed by atoms with E-state index in [1.165, 1.54) is 25.7 Å². The number of pyridine rings is 1. The first kappa shape index (κ1) is 13.8. The van der Waals surface area contributed by atoms with Crippen LogP contribution in [0.15, 0.2) is 18.3 Å². The third-order valence-electron chi connectivity index (χ3n) is 3.62. The number of nitrogens with zero attached hydrogens (tertiary/aromatic N) is 2. The molecule has 0 saturated carbocycles. The minimum Gasteiger partial charge on any atom is -0.384 e. The van der Waals surface area contributed by atoms with Crippen LogP contribution in [0.4, 0.5) is 11.5 Å². The van der Waals surface area contributed by atoms with Crippen LogP contribution in [0.2, 0.25) is 0 Å². The van der Waals surface area contributed by atoms with Crippen molar-refractivity contribution < 1.29 is 4.79 Å². The number of nitrogen functional groups attached to an aromatic ring is 1. The quantitative estimate of drug-likeness (QED) is 0.872. The maximum absolute atomic E-state index is 12.2. The Morgan fingerprint density at radius 2 is 2.00 bits per heavy atom. The number of likely N-dealkylation sites (tertiary alicyclic amines) is 1. The summed E-state index contributed by atoms with van der Waals surface area (Å²) < 4.78 is 0. The Morgan fingerprint density at radius 3 is 2.58 bits per heavy atom. The summed E-state index contributed by atoms with van der Waals surface area (Å²) in [5.74, 6) is 0.479. The van der Waals surface area contributed by atoms with Gasteiger partial charge in [0.15, 0.2) is 0 Å². The summed E-state index contributed by atoms with van der Waals surface area (Å²) in [6, 6.07) is 3.36. The number of hydrogen-bond donors (Lipinski definition) is 2. The second-order valence-electron chi connectivity index (χ2n) is 5.09. The molecule has 1 fully saturated rings. The van der Waals surface area contributed by atoms with Crippen molar-refractivity contribution in [1.29, 1.82) is 0 Å². The van der Waals surface area contributed by atoms with Crippen LogP contribution in [0.1, 0.15) is 32.6 Å². The van der Waals surface area contributed by atoms with E-state index in [2.05, 4.69) is 15.2 Å². The van der Waals surface area contributed by atoms with Gasteiger partial charge in [-0.15, -0.1) is 0 Å². The second kappa shape index (κ2) is 6.52. The van der Waals surface area contributed by atoms with Gasteiger partial charge >= 0.3 is 0 Å². The van der Waals surface area contributed by atoms with E-state index in [0.717, 1.165) is 13.1 Å². The molecule has 1 aliphatic rings. The summed E-state index contributed by atoms with van der Waals surface area (Å²) in [5.41, 5.74) is 6.21. The van der Waals surface area contributed by atoms with E-state index in [-0.39, 0.29) is 11.9 Å². The highest BCUT2D eigenvalue weighted by atomic mass is 16.2. The molecular weight excluding hydrogens is 240 g/mol. The summed E-state index contributed by atoms with van der Waals surface area (Å²) in [5, 5.41) is 2.89. The molecule has 104 valence electrons. The molecule has 1 unspecified atom stereocenters. The highest BCUT2D eigenvalue weighted by Gasteiger charge is 2.22. The molecule has 1 saturated heterocycles. The predicted octanol–water partition coefficient (Wildman–Crippen LogP) is 1.87. The Morgan fingerprint density at radius 1 is 1.32 bits per heavy atom. The number of nitrogens with two attached hydrogens (primary N) is 1. The van der Waals surface area contributed by atoms with Gasteiger partial charge in [-0.25, -0.2) is 4.98 Å². The lowest BCUT2D eigenvalue weighted by Crippen LogP contribution is -2.42. The normalized spacial score (nSPS) is 18.6. The second-order valence-corrected chi connectivity index (χ2v) is 5.09. The molecule has 0 aromatic carbocycles. The molecule has 3 N–H and O–H groups in total. The van der Waals surface area contributed by atoms with Gasteiger partial charge in [-0.2, -0.15) is 0 Å². The Kier molecular flexibility index (Phi) is 4.74. The van der Waals surface area contributed by atoms with Crippen LogP contribution >= 0.6 is 0 Å². The van der Waals surface area contributed by atoms with Crippen molar-refractivity contribution in [3.63, 3.8) is 0 Å². The fourth-order valence-corrected chi connectivity index (χ4v) is 2.37. The van der Waals surface area contributed by atoms with Crippen LogP contribution in [-0.2, 0) is 4.79 Å². The van der Waals surface area contributed by atoms with Crippen molar-refractivity contribution in [1.82, 2.24) is 9.88 Å². The molecule has 1 aromatic heterocycles. The smallest absolute Gasteiger partial charge is 0.241 e. The lowest BCUT2D eigenvalue weighted by Gasteiger charge is -2.26. The summed E-state index contributed by atoms with van der Waals surface area (Å²) in [6.07, 6.45) is 6.49. The number of amides is 1. The predicted molar refractivity (Wildman–Crippen MR) is 76.8 cm³/mol. The number of carbonyl (C=O) groups excluding carboxylic acids is 1. The first-order valence-electron chi connectivity index (χ1n) is 6.93. The highest BCUT2D eigenvalue weighted by Crippen LogP contribution is 2.14. The van der Waals surface area contributed by atoms with Gasteiger partial charge in [-0.05, 0) is 45.0 Å². The molecule has 5 heteroatoms. The molecule has 2 rings (SSSR count). The van der Waals surface area contributed by atoms with Gasteiger partial charge in [0, 0.05) is 0 Å². The molecule has 0 bridgehead atoms. The zero-order chi connectivity index (χ0) is 13.7. The first-order valence-corrected chi connectivity index (χ1v) is 6.93. The van der Waals surface area contributed by atoms with Crippen LogP contribution in [0.5, 0.6) is 0 Å². The van der Waals surface area contributed by atoms with E-state index in [4.69, 9.17) is 5.73 Å². The SMILES string of the molecule is CC(C(=O)Nc1ccc(N)nc1)N1CCCCCC1. The molecule has 1 atom stereocenters. The fourth-order valence-electron chi connectivity index (χ4n) is 2.37. The molecule has 1 aliphatic heterocycles. The van der Waals surface area contributed by atoms with Crippen molar-refractivity contribution in [2.75, 3.05) is 24.1 Å². The van der Waals surface area contributed by atoms with Gasteiger partial charge in [-0.3, -0.25) is 9.69 Å². The van der Waals surface area contributed by atoms with Gasteiger partial charge in [-0.1, -0.05) is 12.8 Å². The average Bonchev–Trinajstić information content (AvgIpc) is 2.69. The third kappa shape index (κ3) is 3.92. The molecule has 0 spiro atoms. The lowest BCUT2D eigenvalue weighted by molar-refractivity contribution is -0.120. The van der Waals surface area contributed by atoms with Gasteiger partial charge in [0.2, 0.25) is 5.91 Å². The average molecular weight is 262 g/mol. The molecule has 0 radical (unpaired) electrons. The molecule has 19 heavy (non-hydrogen) atoms. The van der Waals surface area contributed by atoms with Crippen LogP contribution in [-0.4, -0.2) is 34.9 Å². The molecular formula is C14H22N4O. The van der Waals surface area contributed by atoms with Gasteiger partial charge in [0.1, 0.15) is 5.82 Å². The summed E-state index contributed by atoms with van der Waals surface area (Å²) in [6.45, 7) is 3.98. The maximum atomic E-state index is 12.2. The number of rotatable bonds is 3. The van der Waals surface area contributed by atoms with E-state index in [0.29, 0.717) is 11.5 Å². The lowest BCUT2D eigenvalue weighted by atomic mass is 10.2. The molecule has 1 amide bonds. The molecule has 0 aliphatic carbocycles. The summed E-state index contributed by atoms with van der Waals surface area (Å²) >= 11 is 0. The molecule has 2 heterocycles. The van der Waals surface area contributed by atoms with Gasteiger partial charge in [0.05, 0.1) is 17.9 Å². The van der Waals surface area contributed by atoms with Crippen molar-refractivity contribution in [3.8, 4) is 0 Å². The first-order chi connectivity index (χ1) is 9.16. The number of aromatic nitrogens is 1. The zero-order valence-electron chi connectivity index (χ0n) is 11.4. The van der Waals surface area contributed by atoms with Crippen molar-refractivity contribution in [2.45, 2.75) is 38.6 Å².